The first-order chi connectivity index (χ1) is 4.93. The number of aryl methyl sites for hydroxylation is 1. The number of nitrogen functional groups attached to an aromatic ring is 1. The highest BCUT2D eigenvalue weighted by Gasteiger charge is 2.34. The Labute approximate surface area is 61.4 Å². The van der Waals surface area contributed by atoms with Gasteiger partial charge in [0, 0.05) is 13.2 Å². The summed E-state index contributed by atoms with van der Waals surface area (Å²) in [5.74, 6) is -0.252. The summed E-state index contributed by atoms with van der Waals surface area (Å²) < 4.78 is 37.1. The van der Waals surface area contributed by atoms with Gasteiger partial charge in [-0.3, -0.25) is 0 Å². The van der Waals surface area contributed by atoms with Crippen LogP contribution in [-0.2, 0) is 13.2 Å². The van der Waals surface area contributed by atoms with Crippen LogP contribution in [0.3, 0.4) is 0 Å². The van der Waals surface area contributed by atoms with Crippen LogP contribution in [0.2, 0.25) is 0 Å². The van der Waals surface area contributed by atoms with Crippen LogP contribution in [0.5, 0.6) is 0 Å². The predicted molar refractivity (Wildman–Crippen MR) is 34.8 cm³/mol. The van der Waals surface area contributed by atoms with Crippen molar-refractivity contribution in [1.29, 1.82) is 0 Å². The minimum Gasteiger partial charge on any atom is -0.385 e. The Morgan fingerprint density at radius 2 is 2.00 bits per heavy atom. The van der Waals surface area contributed by atoms with Gasteiger partial charge in [0.1, 0.15) is 5.82 Å². The molecule has 0 aliphatic heterocycles. The van der Waals surface area contributed by atoms with E-state index in [4.69, 9.17) is 5.73 Å². The molecule has 11 heavy (non-hydrogen) atoms. The molecule has 0 aliphatic carbocycles. The van der Waals surface area contributed by atoms with Crippen LogP contribution in [0.25, 0.3) is 0 Å². The Kier molecular flexibility index (Phi) is 1.58. The van der Waals surface area contributed by atoms with Gasteiger partial charge in [-0.15, -0.1) is 0 Å². The van der Waals surface area contributed by atoms with Crippen LogP contribution >= 0.6 is 0 Å². The molecule has 2 nitrogen and oxygen atoms in total. The van der Waals surface area contributed by atoms with E-state index in [1.54, 1.807) is 0 Å². The molecule has 0 saturated carbocycles. The van der Waals surface area contributed by atoms with Crippen molar-refractivity contribution in [2.24, 2.45) is 7.05 Å². The highest BCUT2D eigenvalue weighted by atomic mass is 19.4. The minimum atomic E-state index is -4.34. The second kappa shape index (κ2) is 2.18. The third kappa shape index (κ3) is 1.31. The van der Waals surface area contributed by atoms with Crippen molar-refractivity contribution in [3.05, 3.63) is 17.8 Å². The normalized spacial score (nSPS) is 12.0. The van der Waals surface area contributed by atoms with Crippen LogP contribution in [0.1, 0.15) is 5.56 Å². The average Bonchev–Trinajstić information content (AvgIpc) is 2.11. The Balaban J connectivity index is 3.15. The van der Waals surface area contributed by atoms with Gasteiger partial charge in [-0.2, -0.15) is 13.2 Å². The monoisotopic (exact) mass is 164 g/mol. The quantitative estimate of drug-likeness (QED) is 0.620. The molecule has 1 heterocycles. The van der Waals surface area contributed by atoms with Gasteiger partial charge in [-0.25, -0.2) is 0 Å². The lowest BCUT2D eigenvalue weighted by atomic mass is 10.3. The zero-order valence-corrected chi connectivity index (χ0v) is 5.81. The lowest BCUT2D eigenvalue weighted by Crippen LogP contribution is -2.08. The molecule has 0 fully saturated rings. The lowest BCUT2D eigenvalue weighted by Gasteiger charge is -2.05. The fourth-order valence-electron chi connectivity index (χ4n) is 0.782. The van der Waals surface area contributed by atoms with Gasteiger partial charge in [0.15, 0.2) is 0 Å². The standard InChI is InChI=1S/C6H7F3N2/c1-11-3-2-4(5(11)10)6(7,8)9/h2-3H,10H2,1H3. The smallest absolute Gasteiger partial charge is 0.385 e. The molecule has 0 radical (unpaired) electrons. The third-order valence-electron chi connectivity index (χ3n) is 1.43. The van der Waals surface area contributed by atoms with E-state index >= 15 is 0 Å². The van der Waals surface area contributed by atoms with Crippen molar-refractivity contribution in [3.63, 3.8) is 0 Å². The summed E-state index contributed by atoms with van der Waals surface area (Å²) in [6.45, 7) is 0. The van der Waals surface area contributed by atoms with Crippen molar-refractivity contribution in [2.75, 3.05) is 5.73 Å². The SMILES string of the molecule is Cn1ccc(C(F)(F)F)c1N. The highest BCUT2D eigenvalue weighted by Crippen LogP contribution is 2.33. The fraction of sp³-hybridized carbons (Fsp3) is 0.333. The maximum Gasteiger partial charge on any atom is 0.419 e. The zero-order valence-electron chi connectivity index (χ0n) is 5.81. The molecular formula is C6H7F3N2. The van der Waals surface area contributed by atoms with E-state index in [2.05, 4.69) is 0 Å². The van der Waals surface area contributed by atoms with E-state index in [-0.39, 0.29) is 5.82 Å². The van der Waals surface area contributed by atoms with Gasteiger partial charge in [0.25, 0.3) is 0 Å². The number of aromatic nitrogens is 1. The molecule has 1 aromatic rings. The molecule has 0 spiro atoms. The molecule has 62 valence electrons. The maximum atomic E-state index is 12.0. The zero-order chi connectivity index (χ0) is 8.65. The van der Waals surface area contributed by atoms with Gasteiger partial charge in [0.05, 0.1) is 5.56 Å². The summed E-state index contributed by atoms with van der Waals surface area (Å²) in [5, 5.41) is 0. The van der Waals surface area contributed by atoms with E-state index in [1.165, 1.54) is 17.8 Å². The van der Waals surface area contributed by atoms with Crippen molar-refractivity contribution >= 4 is 5.82 Å². The Bertz CT molecular complexity index is 261. The van der Waals surface area contributed by atoms with E-state index in [0.29, 0.717) is 0 Å². The first-order valence-corrected chi connectivity index (χ1v) is 2.91. The van der Waals surface area contributed by atoms with Crippen molar-refractivity contribution in [1.82, 2.24) is 4.57 Å². The summed E-state index contributed by atoms with van der Waals surface area (Å²) in [5.41, 5.74) is 4.35. The number of hydrogen-bond acceptors (Lipinski definition) is 1. The average molecular weight is 164 g/mol. The van der Waals surface area contributed by atoms with Gasteiger partial charge in [-0.05, 0) is 6.07 Å². The number of nitrogens with two attached hydrogens (primary N) is 1. The van der Waals surface area contributed by atoms with E-state index in [9.17, 15) is 13.2 Å². The minimum absolute atomic E-state index is 0.252. The van der Waals surface area contributed by atoms with Crippen molar-refractivity contribution < 1.29 is 13.2 Å². The fourth-order valence-corrected chi connectivity index (χ4v) is 0.782. The molecule has 0 aromatic carbocycles. The molecule has 2 N–H and O–H groups in total. The largest absolute Gasteiger partial charge is 0.419 e. The second-order valence-electron chi connectivity index (χ2n) is 2.22. The number of nitrogens with zero attached hydrogens (tertiary/aromatic N) is 1. The van der Waals surface area contributed by atoms with Gasteiger partial charge >= 0.3 is 6.18 Å². The van der Waals surface area contributed by atoms with Crippen LogP contribution in [0.4, 0.5) is 19.0 Å². The molecule has 0 bridgehead atoms. The summed E-state index contributed by atoms with van der Waals surface area (Å²) in [6, 6.07) is 0.954. The number of alkyl halides is 3. The van der Waals surface area contributed by atoms with Crippen LogP contribution in [-0.4, -0.2) is 4.57 Å². The predicted octanol–water partition coefficient (Wildman–Crippen LogP) is 1.63. The molecule has 0 atom stereocenters. The molecule has 0 amide bonds. The molecule has 0 unspecified atom stereocenters. The molecular weight excluding hydrogens is 157 g/mol. The summed E-state index contributed by atoms with van der Waals surface area (Å²) in [4.78, 5) is 0. The number of halogens is 3. The number of anilines is 1. The highest BCUT2D eigenvalue weighted by molar-refractivity contribution is 5.43. The lowest BCUT2D eigenvalue weighted by molar-refractivity contribution is -0.136. The summed E-state index contributed by atoms with van der Waals surface area (Å²) >= 11 is 0. The Hall–Kier alpha value is -1.13. The first-order valence-electron chi connectivity index (χ1n) is 2.91. The molecule has 1 aromatic heterocycles. The summed E-state index contributed by atoms with van der Waals surface area (Å²) in [7, 11) is 1.46. The van der Waals surface area contributed by atoms with Crippen molar-refractivity contribution in [3.8, 4) is 0 Å². The third-order valence-corrected chi connectivity index (χ3v) is 1.43. The molecule has 5 heteroatoms. The van der Waals surface area contributed by atoms with Crippen LogP contribution in [0, 0.1) is 0 Å². The van der Waals surface area contributed by atoms with Crippen LogP contribution in [0.15, 0.2) is 12.3 Å². The van der Waals surface area contributed by atoms with E-state index < -0.39 is 11.7 Å². The Morgan fingerprint density at radius 1 is 1.45 bits per heavy atom. The molecule has 1 rings (SSSR count). The maximum absolute atomic E-state index is 12.0. The number of hydrogen-bond donors (Lipinski definition) is 1. The number of rotatable bonds is 0. The first kappa shape index (κ1) is 7.97. The van der Waals surface area contributed by atoms with E-state index in [1.807, 2.05) is 0 Å². The van der Waals surface area contributed by atoms with Gasteiger partial charge in [-0.1, -0.05) is 0 Å². The second-order valence-corrected chi connectivity index (χ2v) is 2.22. The van der Waals surface area contributed by atoms with Gasteiger partial charge in [0.2, 0.25) is 0 Å². The van der Waals surface area contributed by atoms with Crippen molar-refractivity contribution in [2.45, 2.75) is 6.18 Å². The van der Waals surface area contributed by atoms with Crippen LogP contribution < -0.4 is 5.73 Å². The molecule has 0 saturated heterocycles. The van der Waals surface area contributed by atoms with E-state index in [0.717, 1.165) is 6.07 Å². The van der Waals surface area contributed by atoms with Gasteiger partial charge < -0.3 is 10.3 Å². The Morgan fingerprint density at radius 3 is 2.18 bits per heavy atom. The topological polar surface area (TPSA) is 30.9 Å². The summed E-state index contributed by atoms with van der Waals surface area (Å²) in [6.07, 6.45) is -3.07. The molecule has 0 aliphatic rings.